The molecule has 3 heterocycles. The number of esters is 1. The second-order valence-electron chi connectivity index (χ2n) is 8.58. The first-order chi connectivity index (χ1) is 17.5. The summed E-state index contributed by atoms with van der Waals surface area (Å²) >= 11 is 1.38. The van der Waals surface area contributed by atoms with Crippen LogP contribution in [0.5, 0.6) is 0 Å². The van der Waals surface area contributed by atoms with E-state index in [4.69, 9.17) is 4.74 Å². The highest BCUT2D eigenvalue weighted by atomic mass is 32.2. The molecule has 184 valence electrons. The van der Waals surface area contributed by atoms with Crippen LogP contribution in [0.3, 0.4) is 0 Å². The van der Waals surface area contributed by atoms with Crippen LogP contribution in [0.25, 0.3) is 10.9 Å². The maximum atomic E-state index is 14.2. The number of hydrogen-bond acceptors (Lipinski definition) is 6. The first kappa shape index (κ1) is 23.9. The lowest BCUT2D eigenvalue weighted by Gasteiger charge is -2.36. The summed E-state index contributed by atoms with van der Waals surface area (Å²) in [6.07, 6.45) is 2.76. The quantitative estimate of drug-likeness (QED) is 0.451. The topological polar surface area (TPSA) is 86.8 Å². The molecule has 36 heavy (non-hydrogen) atoms. The molecule has 9 heteroatoms. The van der Waals surface area contributed by atoms with Crippen molar-refractivity contribution < 1.29 is 18.7 Å². The lowest BCUT2D eigenvalue weighted by molar-refractivity contribution is -0.136. The van der Waals surface area contributed by atoms with E-state index in [9.17, 15) is 14.0 Å². The number of rotatable bonds is 7. The Labute approximate surface area is 212 Å². The van der Waals surface area contributed by atoms with E-state index in [1.807, 2.05) is 34.7 Å². The number of nitrogens with zero attached hydrogens (tertiary/aromatic N) is 2. The van der Waals surface area contributed by atoms with Gasteiger partial charge in [-0.3, -0.25) is 4.79 Å². The van der Waals surface area contributed by atoms with Gasteiger partial charge in [0.15, 0.2) is 5.17 Å². The van der Waals surface area contributed by atoms with E-state index in [1.54, 1.807) is 19.1 Å². The highest BCUT2D eigenvalue weighted by Gasteiger charge is 2.41. The lowest BCUT2D eigenvalue weighted by atomic mass is 9.94. The van der Waals surface area contributed by atoms with E-state index in [1.165, 1.54) is 31.0 Å². The zero-order valence-corrected chi connectivity index (χ0v) is 20.7. The summed E-state index contributed by atoms with van der Waals surface area (Å²) in [4.78, 5) is 35.3. The molecule has 1 atom stereocenters. The molecule has 1 amide bonds. The fourth-order valence-electron chi connectivity index (χ4n) is 4.63. The zero-order chi connectivity index (χ0) is 25.2. The summed E-state index contributed by atoms with van der Waals surface area (Å²) in [5.74, 6) is -1.10. The Bertz CT molecular complexity index is 1440. The van der Waals surface area contributed by atoms with Crippen LogP contribution < -0.4 is 5.32 Å². The van der Waals surface area contributed by atoms with Crippen molar-refractivity contribution in [1.29, 1.82) is 0 Å². The molecule has 0 bridgehead atoms. The predicted molar refractivity (Wildman–Crippen MR) is 138 cm³/mol. The number of thioether (sulfide) groups is 1. The fourth-order valence-corrected chi connectivity index (χ4v) is 5.60. The molecule has 0 spiro atoms. The second-order valence-corrected chi connectivity index (χ2v) is 9.41. The highest BCUT2D eigenvalue weighted by molar-refractivity contribution is 8.16. The first-order valence-electron chi connectivity index (χ1n) is 11.6. The molecular weight excluding hydrogens is 479 g/mol. The van der Waals surface area contributed by atoms with Crippen molar-refractivity contribution in [2.75, 3.05) is 13.7 Å². The van der Waals surface area contributed by atoms with E-state index in [0.717, 1.165) is 16.5 Å². The van der Waals surface area contributed by atoms with E-state index < -0.39 is 17.8 Å². The van der Waals surface area contributed by atoms with Crippen molar-refractivity contribution in [2.24, 2.45) is 4.99 Å². The van der Waals surface area contributed by atoms with Gasteiger partial charge in [-0.25, -0.2) is 14.2 Å². The number of fused-ring (bicyclic) bond motifs is 2. The third-order valence-corrected chi connectivity index (χ3v) is 7.19. The summed E-state index contributed by atoms with van der Waals surface area (Å²) in [6, 6.07) is 13.5. The molecule has 2 N–H and O–H groups in total. The summed E-state index contributed by atoms with van der Waals surface area (Å²) < 4.78 is 19.2. The van der Waals surface area contributed by atoms with E-state index in [2.05, 4.69) is 21.4 Å². The molecule has 0 saturated heterocycles. The molecule has 0 fully saturated rings. The number of carbonyl (C=O) groups is 2. The molecular formula is C27H25FN4O3S. The van der Waals surface area contributed by atoms with Crippen molar-refractivity contribution in [3.05, 3.63) is 94.0 Å². The molecule has 0 radical (unpaired) electrons. The SMILES string of the molecule is COC(=O)C1=C(C)N=C2SC=C(CC(=O)NCCc3c[nH]c4ccccc34)N2C1c1cccc(F)c1. The zero-order valence-electron chi connectivity index (χ0n) is 19.9. The van der Waals surface area contributed by atoms with Gasteiger partial charge in [0, 0.05) is 29.3 Å². The van der Waals surface area contributed by atoms with Crippen LogP contribution in [0.2, 0.25) is 0 Å². The molecule has 2 aliphatic heterocycles. The number of H-pyrrole nitrogens is 1. The number of hydrogen-bond donors (Lipinski definition) is 2. The first-order valence-corrected chi connectivity index (χ1v) is 12.4. The van der Waals surface area contributed by atoms with Crippen LogP contribution in [0, 0.1) is 5.82 Å². The number of amides is 1. The minimum absolute atomic E-state index is 0.0964. The van der Waals surface area contributed by atoms with E-state index in [-0.39, 0.29) is 12.3 Å². The van der Waals surface area contributed by atoms with Crippen LogP contribution in [0.15, 0.2) is 82.1 Å². The van der Waals surface area contributed by atoms with Gasteiger partial charge < -0.3 is 19.9 Å². The Kier molecular flexibility index (Phi) is 6.65. The summed E-state index contributed by atoms with van der Waals surface area (Å²) in [6.45, 7) is 2.22. The second kappa shape index (κ2) is 10.0. The molecule has 3 aromatic rings. The minimum atomic E-state index is -0.652. The Hall–Kier alpha value is -3.85. The number of allylic oxidation sites excluding steroid dienone is 1. The Morgan fingerprint density at radius 2 is 2.06 bits per heavy atom. The largest absolute Gasteiger partial charge is 0.466 e. The maximum Gasteiger partial charge on any atom is 0.338 e. The van der Waals surface area contributed by atoms with Gasteiger partial charge in [0.25, 0.3) is 0 Å². The van der Waals surface area contributed by atoms with Gasteiger partial charge in [0.05, 0.1) is 30.8 Å². The average molecular weight is 505 g/mol. The summed E-state index contributed by atoms with van der Waals surface area (Å²) in [7, 11) is 1.31. The van der Waals surface area contributed by atoms with Crippen LogP contribution in [-0.4, -0.2) is 40.6 Å². The van der Waals surface area contributed by atoms with Crippen LogP contribution in [-0.2, 0) is 20.7 Å². The molecule has 0 aliphatic carbocycles. The van der Waals surface area contributed by atoms with Crippen molar-refractivity contribution >= 4 is 39.7 Å². The average Bonchev–Trinajstić information content (AvgIpc) is 3.46. The molecule has 5 rings (SSSR count). The Morgan fingerprint density at radius 3 is 2.86 bits per heavy atom. The smallest absolute Gasteiger partial charge is 0.338 e. The number of carbonyl (C=O) groups excluding carboxylic acids is 2. The third kappa shape index (κ3) is 4.54. The number of ether oxygens (including phenoxy) is 1. The third-order valence-electron chi connectivity index (χ3n) is 6.30. The molecule has 2 aliphatic rings. The van der Waals surface area contributed by atoms with Crippen molar-refractivity contribution in [2.45, 2.75) is 25.8 Å². The standard InChI is InChI=1S/C27H25FN4O3S/c1-16-24(26(34)35-2)25(17-6-5-7-19(28)12-17)32-20(15-36-27(32)31-16)13-23(33)29-11-10-18-14-30-22-9-4-3-8-21(18)22/h3-9,12,14-15,25,30H,10-11,13H2,1-2H3,(H,29,33). The van der Waals surface area contributed by atoms with E-state index >= 15 is 0 Å². The number of aromatic amines is 1. The predicted octanol–water partition coefficient (Wildman–Crippen LogP) is 4.80. The monoisotopic (exact) mass is 504 g/mol. The molecule has 1 aromatic heterocycles. The molecule has 7 nitrogen and oxygen atoms in total. The number of aliphatic imine (C=N–C) groups is 1. The number of nitrogens with one attached hydrogen (secondary N) is 2. The normalized spacial score (nSPS) is 17.1. The van der Waals surface area contributed by atoms with Crippen molar-refractivity contribution in [3.63, 3.8) is 0 Å². The number of halogens is 1. The molecule has 0 saturated carbocycles. The van der Waals surface area contributed by atoms with Crippen LogP contribution in [0.4, 0.5) is 4.39 Å². The summed E-state index contributed by atoms with van der Waals surface area (Å²) in [5, 5.41) is 6.63. The Morgan fingerprint density at radius 1 is 1.22 bits per heavy atom. The van der Waals surface area contributed by atoms with Crippen molar-refractivity contribution in [3.8, 4) is 0 Å². The molecule has 2 aromatic carbocycles. The molecule has 1 unspecified atom stereocenters. The fraction of sp³-hybridized carbons (Fsp3) is 0.222. The van der Waals surface area contributed by atoms with Gasteiger partial charge in [-0.2, -0.15) is 0 Å². The van der Waals surface area contributed by atoms with Crippen LogP contribution >= 0.6 is 11.8 Å². The van der Waals surface area contributed by atoms with Gasteiger partial charge in [-0.05, 0) is 48.1 Å². The van der Waals surface area contributed by atoms with Gasteiger partial charge in [-0.1, -0.05) is 42.1 Å². The minimum Gasteiger partial charge on any atom is -0.466 e. The van der Waals surface area contributed by atoms with Gasteiger partial charge in [0.1, 0.15) is 5.82 Å². The number of benzene rings is 2. The summed E-state index contributed by atoms with van der Waals surface area (Å²) in [5.41, 5.74) is 4.30. The maximum absolute atomic E-state index is 14.2. The number of para-hydroxylation sites is 1. The van der Waals surface area contributed by atoms with Crippen molar-refractivity contribution in [1.82, 2.24) is 15.2 Å². The highest BCUT2D eigenvalue weighted by Crippen LogP contribution is 2.44. The number of aromatic nitrogens is 1. The van der Waals surface area contributed by atoms with Gasteiger partial charge >= 0.3 is 5.97 Å². The number of methoxy groups -OCH3 is 1. The van der Waals surface area contributed by atoms with E-state index in [0.29, 0.717) is 40.7 Å². The lowest BCUT2D eigenvalue weighted by Crippen LogP contribution is -2.38. The Balaban J connectivity index is 1.33. The van der Waals surface area contributed by atoms with Crippen LogP contribution in [0.1, 0.15) is 30.5 Å². The van der Waals surface area contributed by atoms with Gasteiger partial charge in [-0.15, -0.1) is 0 Å². The van der Waals surface area contributed by atoms with Gasteiger partial charge in [0.2, 0.25) is 5.91 Å². The number of amidine groups is 1.